The molecule has 1 fully saturated rings. The van der Waals surface area contributed by atoms with Crippen LogP contribution < -0.4 is 4.74 Å². The summed E-state index contributed by atoms with van der Waals surface area (Å²) in [7, 11) is 1.66. The zero-order valence-corrected chi connectivity index (χ0v) is 10.4. The van der Waals surface area contributed by atoms with E-state index in [0.29, 0.717) is 0 Å². The summed E-state index contributed by atoms with van der Waals surface area (Å²) < 4.78 is 6.19. The summed E-state index contributed by atoms with van der Waals surface area (Å²) in [5.41, 5.74) is 1.20. The highest BCUT2D eigenvalue weighted by Gasteiger charge is 2.39. The van der Waals surface area contributed by atoms with Gasteiger partial charge in [-0.05, 0) is 30.5 Å². The Hall–Kier alpha value is -0.540. The summed E-state index contributed by atoms with van der Waals surface area (Å²) in [4.78, 5) is 0. The van der Waals surface area contributed by atoms with E-state index in [1.165, 1.54) is 12.0 Å². The van der Waals surface area contributed by atoms with Crippen molar-refractivity contribution in [3.05, 3.63) is 28.2 Å². The number of aliphatic hydroxyl groups is 1. The summed E-state index contributed by atoms with van der Waals surface area (Å²) in [6.45, 7) is 0.234. The molecule has 0 saturated heterocycles. The van der Waals surface area contributed by atoms with Crippen molar-refractivity contribution in [3.8, 4) is 5.75 Å². The third-order valence-corrected chi connectivity index (χ3v) is 4.02. The quantitative estimate of drug-likeness (QED) is 0.916. The van der Waals surface area contributed by atoms with E-state index in [0.717, 1.165) is 23.1 Å². The molecule has 2 nitrogen and oxygen atoms in total. The van der Waals surface area contributed by atoms with Crippen molar-refractivity contribution in [1.29, 1.82) is 0 Å². The normalized spacial score (nSPS) is 18.3. The highest BCUT2D eigenvalue weighted by atomic mass is 79.9. The molecule has 0 heterocycles. The van der Waals surface area contributed by atoms with Crippen LogP contribution in [0.2, 0.25) is 0 Å². The largest absolute Gasteiger partial charge is 0.497 e. The number of halogens is 1. The summed E-state index contributed by atoms with van der Waals surface area (Å²) in [5, 5.41) is 9.49. The zero-order chi connectivity index (χ0) is 10.9. The molecule has 0 aliphatic heterocycles. The maximum absolute atomic E-state index is 9.49. The van der Waals surface area contributed by atoms with Crippen molar-refractivity contribution in [1.82, 2.24) is 0 Å². The molecule has 0 radical (unpaired) electrons. The molecule has 3 heteroatoms. The van der Waals surface area contributed by atoms with E-state index in [1.54, 1.807) is 7.11 Å². The van der Waals surface area contributed by atoms with E-state index in [9.17, 15) is 5.11 Å². The van der Waals surface area contributed by atoms with Crippen molar-refractivity contribution in [2.24, 2.45) is 0 Å². The van der Waals surface area contributed by atoms with Crippen molar-refractivity contribution in [2.45, 2.75) is 24.7 Å². The van der Waals surface area contributed by atoms with Gasteiger partial charge in [-0.2, -0.15) is 0 Å². The van der Waals surface area contributed by atoms with Crippen LogP contribution in [-0.4, -0.2) is 18.8 Å². The van der Waals surface area contributed by atoms with Crippen LogP contribution in [0.15, 0.2) is 22.7 Å². The Labute approximate surface area is 98.4 Å². The van der Waals surface area contributed by atoms with Gasteiger partial charge in [0.15, 0.2) is 0 Å². The second-order valence-corrected chi connectivity index (χ2v) is 4.99. The fourth-order valence-electron chi connectivity index (χ4n) is 2.17. The summed E-state index contributed by atoms with van der Waals surface area (Å²) in [6.07, 6.45) is 3.36. The topological polar surface area (TPSA) is 29.5 Å². The second-order valence-electron chi connectivity index (χ2n) is 4.14. The minimum Gasteiger partial charge on any atom is -0.497 e. The second kappa shape index (κ2) is 4.14. The maximum Gasteiger partial charge on any atom is 0.120 e. The average Bonchev–Trinajstić information content (AvgIpc) is 2.19. The monoisotopic (exact) mass is 270 g/mol. The first-order chi connectivity index (χ1) is 7.22. The molecule has 1 saturated carbocycles. The van der Waals surface area contributed by atoms with Gasteiger partial charge in [0.25, 0.3) is 0 Å². The maximum atomic E-state index is 9.49. The number of benzene rings is 1. The van der Waals surface area contributed by atoms with Crippen LogP contribution in [0.25, 0.3) is 0 Å². The third kappa shape index (κ3) is 1.79. The van der Waals surface area contributed by atoms with E-state index < -0.39 is 0 Å². The molecule has 0 bridgehead atoms. The number of aliphatic hydroxyl groups excluding tert-OH is 1. The smallest absolute Gasteiger partial charge is 0.120 e. The molecule has 1 aliphatic carbocycles. The SMILES string of the molecule is COc1ccc(C2(CO)CCC2)c(Br)c1. The lowest BCUT2D eigenvalue weighted by Crippen LogP contribution is -2.38. The Morgan fingerprint density at radius 1 is 1.47 bits per heavy atom. The summed E-state index contributed by atoms with van der Waals surface area (Å²) in [5.74, 6) is 0.845. The Balaban J connectivity index is 2.36. The lowest BCUT2D eigenvalue weighted by Gasteiger charge is -2.41. The molecule has 82 valence electrons. The van der Waals surface area contributed by atoms with Gasteiger partial charge in [-0.1, -0.05) is 28.4 Å². The van der Waals surface area contributed by atoms with E-state index in [1.807, 2.05) is 12.1 Å². The van der Waals surface area contributed by atoms with Gasteiger partial charge in [0, 0.05) is 9.89 Å². The van der Waals surface area contributed by atoms with Crippen LogP contribution >= 0.6 is 15.9 Å². The van der Waals surface area contributed by atoms with Gasteiger partial charge in [0.1, 0.15) is 5.75 Å². The molecule has 0 atom stereocenters. The zero-order valence-electron chi connectivity index (χ0n) is 8.79. The van der Waals surface area contributed by atoms with Crippen LogP contribution in [-0.2, 0) is 5.41 Å². The van der Waals surface area contributed by atoms with Gasteiger partial charge in [-0.25, -0.2) is 0 Å². The molecule has 1 aromatic rings. The minimum absolute atomic E-state index is 0.00882. The lowest BCUT2D eigenvalue weighted by molar-refractivity contribution is 0.119. The molecule has 0 unspecified atom stereocenters. The van der Waals surface area contributed by atoms with Crippen molar-refractivity contribution < 1.29 is 9.84 Å². The van der Waals surface area contributed by atoms with Crippen LogP contribution in [0, 0.1) is 0 Å². The summed E-state index contributed by atoms with van der Waals surface area (Å²) >= 11 is 3.55. The van der Waals surface area contributed by atoms with Crippen molar-refractivity contribution >= 4 is 15.9 Å². The van der Waals surface area contributed by atoms with Gasteiger partial charge in [0.05, 0.1) is 13.7 Å². The minimum atomic E-state index is -0.00882. The van der Waals surface area contributed by atoms with Gasteiger partial charge in [-0.15, -0.1) is 0 Å². The molecule has 2 rings (SSSR count). The van der Waals surface area contributed by atoms with Crippen LogP contribution in [0.3, 0.4) is 0 Å². The number of rotatable bonds is 3. The predicted molar refractivity (Wildman–Crippen MR) is 63.3 cm³/mol. The van der Waals surface area contributed by atoms with Gasteiger partial charge in [0.2, 0.25) is 0 Å². The lowest BCUT2D eigenvalue weighted by atomic mass is 9.65. The standard InChI is InChI=1S/C12H15BrO2/c1-15-9-3-4-10(11(13)7-9)12(8-14)5-2-6-12/h3-4,7,14H,2,5-6,8H2,1H3. The third-order valence-electron chi connectivity index (χ3n) is 3.36. The van der Waals surface area contributed by atoms with Crippen molar-refractivity contribution in [2.75, 3.05) is 13.7 Å². The number of methoxy groups -OCH3 is 1. The molecular formula is C12H15BrO2. The highest BCUT2D eigenvalue weighted by Crippen LogP contribution is 2.46. The Morgan fingerprint density at radius 2 is 2.20 bits per heavy atom. The molecule has 0 spiro atoms. The first kappa shape index (κ1) is 11.0. The van der Waals surface area contributed by atoms with Crippen LogP contribution in [0.1, 0.15) is 24.8 Å². The first-order valence-corrected chi connectivity index (χ1v) is 5.96. The fraction of sp³-hybridized carbons (Fsp3) is 0.500. The Kier molecular flexibility index (Phi) is 3.03. The first-order valence-electron chi connectivity index (χ1n) is 5.17. The Morgan fingerprint density at radius 3 is 2.60 bits per heavy atom. The van der Waals surface area contributed by atoms with Crippen molar-refractivity contribution in [3.63, 3.8) is 0 Å². The fourth-order valence-corrected chi connectivity index (χ4v) is 2.95. The van der Waals surface area contributed by atoms with Gasteiger partial charge >= 0.3 is 0 Å². The molecule has 1 N–H and O–H groups in total. The molecule has 0 amide bonds. The molecular weight excluding hydrogens is 256 g/mol. The molecule has 1 aliphatic rings. The summed E-state index contributed by atoms with van der Waals surface area (Å²) in [6, 6.07) is 5.97. The predicted octanol–water partition coefficient (Wildman–Crippen LogP) is 2.87. The average molecular weight is 271 g/mol. The van der Waals surface area contributed by atoms with E-state index in [4.69, 9.17) is 4.74 Å². The van der Waals surface area contributed by atoms with Gasteiger partial charge in [-0.3, -0.25) is 0 Å². The van der Waals surface area contributed by atoms with Gasteiger partial charge < -0.3 is 9.84 Å². The number of hydrogen-bond acceptors (Lipinski definition) is 2. The van der Waals surface area contributed by atoms with E-state index in [-0.39, 0.29) is 12.0 Å². The number of hydrogen-bond donors (Lipinski definition) is 1. The Bertz CT molecular complexity index is 353. The van der Waals surface area contributed by atoms with E-state index in [2.05, 4.69) is 22.0 Å². The van der Waals surface area contributed by atoms with E-state index >= 15 is 0 Å². The molecule has 0 aromatic heterocycles. The molecule has 1 aromatic carbocycles. The molecule has 15 heavy (non-hydrogen) atoms. The number of ether oxygens (including phenoxy) is 1. The van der Waals surface area contributed by atoms with Crippen LogP contribution in [0.5, 0.6) is 5.75 Å². The highest BCUT2D eigenvalue weighted by molar-refractivity contribution is 9.10. The van der Waals surface area contributed by atoms with Crippen LogP contribution in [0.4, 0.5) is 0 Å².